The number of amides is 1. The van der Waals surface area contributed by atoms with E-state index in [1.54, 1.807) is 12.4 Å². The quantitative estimate of drug-likeness (QED) is 0.724. The molecule has 2 heterocycles. The molecule has 1 fully saturated rings. The van der Waals surface area contributed by atoms with Crippen LogP contribution >= 0.6 is 0 Å². The monoisotopic (exact) mass is 256 g/mol. The number of hydrogen-bond donors (Lipinski definition) is 0. The molecular formula is C16H20N2O. The Hall–Kier alpha value is -1.64. The number of hydrogen-bond acceptors (Lipinski definition) is 2. The summed E-state index contributed by atoms with van der Waals surface area (Å²) >= 11 is 0. The van der Waals surface area contributed by atoms with Gasteiger partial charge in [0, 0.05) is 25.5 Å². The smallest absolute Gasteiger partial charge is 0.255 e. The topological polar surface area (TPSA) is 33.2 Å². The summed E-state index contributed by atoms with van der Waals surface area (Å²) in [5.74, 6) is 0.140. The van der Waals surface area contributed by atoms with Crippen LogP contribution < -0.4 is 0 Å². The van der Waals surface area contributed by atoms with Crippen molar-refractivity contribution in [3.8, 4) is 0 Å². The van der Waals surface area contributed by atoms with Gasteiger partial charge in [-0.3, -0.25) is 9.78 Å². The van der Waals surface area contributed by atoms with Crippen LogP contribution in [-0.2, 0) is 0 Å². The minimum absolute atomic E-state index is 0.140. The Morgan fingerprint density at radius 1 is 1.32 bits per heavy atom. The average Bonchev–Trinajstić information content (AvgIpc) is 2.48. The molecule has 1 saturated heterocycles. The van der Waals surface area contributed by atoms with E-state index in [1.165, 1.54) is 12.8 Å². The van der Waals surface area contributed by atoms with Gasteiger partial charge in [0.1, 0.15) is 0 Å². The maximum absolute atomic E-state index is 12.5. The van der Waals surface area contributed by atoms with Gasteiger partial charge >= 0.3 is 0 Å². The van der Waals surface area contributed by atoms with Crippen molar-refractivity contribution in [2.45, 2.75) is 32.1 Å². The van der Waals surface area contributed by atoms with Crippen LogP contribution in [0.15, 0.2) is 36.7 Å². The summed E-state index contributed by atoms with van der Waals surface area (Å²) in [4.78, 5) is 18.6. The molecule has 3 heteroatoms. The first-order chi connectivity index (χ1) is 9.29. The number of pyridine rings is 1. The summed E-state index contributed by atoms with van der Waals surface area (Å²) in [7, 11) is 0. The Balaban J connectivity index is 1.75. The fraction of sp³-hybridized carbons (Fsp3) is 0.500. The van der Waals surface area contributed by atoms with E-state index in [0.717, 1.165) is 32.4 Å². The fourth-order valence-corrected chi connectivity index (χ4v) is 3.37. The van der Waals surface area contributed by atoms with E-state index in [9.17, 15) is 4.79 Å². The van der Waals surface area contributed by atoms with Crippen LogP contribution in [0.2, 0.25) is 0 Å². The van der Waals surface area contributed by atoms with Gasteiger partial charge < -0.3 is 4.90 Å². The largest absolute Gasteiger partial charge is 0.338 e. The van der Waals surface area contributed by atoms with Crippen molar-refractivity contribution < 1.29 is 4.79 Å². The Morgan fingerprint density at radius 3 is 3.00 bits per heavy atom. The summed E-state index contributed by atoms with van der Waals surface area (Å²) < 4.78 is 0. The second kappa shape index (κ2) is 5.16. The molecule has 100 valence electrons. The molecule has 1 aromatic rings. The highest BCUT2D eigenvalue weighted by atomic mass is 16.2. The maximum atomic E-state index is 12.5. The molecule has 1 aromatic heterocycles. The Morgan fingerprint density at radius 2 is 2.26 bits per heavy atom. The zero-order valence-electron chi connectivity index (χ0n) is 11.2. The molecule has 3 nitrogen and oxygen atoms in total. The zero-order valence-corrected chi connectivity index (χ0v) is 11.2. The first-order valence-corrected chi connectivity index (χ1v) is 7.13. The standard InChI is InChI=1S/C16H20N2O/c19-15(14-6-4-10-17-12-14)18-11-5-9-16(13-18)7-2-1-3-8-16/h1-2,4,6,10,12H,3,5,7-9,11,13H2/t16-/m0/s1. The molecule has 1 spiro atoms. The van der Waals surface area contributed by atoms with Crippen LogP contribution in [0.1, 0.15) is 42.5 Å². The van der Waals surface area contributed by atoms with E-state index in [1.807, 2.05) is 17.0 Å². The lowest BCUT2D eigenvalue weighted by molar-refractivity contribution is 0.0484. The van der Waals surface area contributed by atoms with Crippen molar-refractivity contribution in [1.29, 1.82) is 0 Å². The second-order valence-electron chi connectivity index (χ2n) is 5.79. The molecule has 0 aromatic carbocycles. The molecule has 0 radical (unpaired) electrons. The lowest BCUT2D eigenvalue weighted by atomic mass is 9.71. The third-order valence-corrected chi connectivity index (χ3v) is 4.42. The Bertz CT molecular complexity index is 483. The fourth-order valence-electron chi connectivity index (χ4n) is 3.37. The summed E-state index contributed by atoms with van der Waals surface area (Å²) in [5.41, 5.74) is 1.05. The zero-order chi connectivity index (χ0) is 13.1. The molecule has 1 aliphatic carbocycles. The molecule has 2 aliphatic rings. The summed E-state index contributed by atoms with van der Waals surface area (Å²) in [6.07, 6.45) is 13.8. The van der Waals surface area contributed by atoms with Crippen LogP contribution in [0.3, 0.4) is 0 Å². The molecule has 1 aliphatic heterocycles. The number of carbonyl (C=O) groups excluding carboxylic acids is 1. The van der Waals surface area contributed by atoms with Crippen LogP contribution in [0.5, 0.6) is 0 Å². The van der Waals surface area contributed by atoms with Gasteiger partial charge in [-0.25, -0.2) is 0 Å². The maximum Gasteiger partial charge on any atom is 0.255 e. The molecule has 1 amide bonds. The number of likely N-dealkylation sites (tertiary alicyclic amines) is 1. The van der Waals surface area contributed by atoms with Crippen molar-refractivity contribution in [2.24, 2.45) is 5.41 Å². The molecule has 0 saturated carbocycles. The molecule has 1 atom stereocenters. The lowest BCUT2D eigenvalue weighted by Gasteiger charge is -2.43. The first-order valence-electron chi connectivity index (χ1n) is 7.13. The second-order valence-corrected chi connectivity index (χ2v) is 5.79. The van der Waals surface area contributed by atoms with Crippen molar-refractivity contribution in [2.75, 3.05) is 13.1 Å². The van der Waals surface area contributed by atoms with Gasteiger partial charge in [0.15, 0.2) is 0 Å². The Kier molecular flexibility index (Phi) is 3.36. The third-order valence-electron chi connectivity index (χ3n) is 4.42. The van der Waals surface area contributed by atoms with E-state index < -0.39 is 0 Å². The van der Waals surface area contributed by atoms with Gasteiger partial charge in [-0.05, 0) is 49.7 Å². The number of aromatic nitrogens is 1. The van der Waals surface area contributed by atoms with Crippen LogP contribution in [-0.4, -0.2) is 28.9 Å². The van der Waals surface area contributed by atoms with Gasteiger partial charge in [-0.1, -0.05) is 12.2 Å². The van der Waals surface area contributed by atoms with Crippen molar-refractivity contribution >= 4 is 5.91 Å². The predicted octanol–water partition coefficient (Wildman–Crippen LogP) is 3.04. The molecular weight excluding hydrogens is 236 g/mol. The molecule has 0 N–H and O–H groups in total. The van der Waals surface area contributed by atoms with Gasteiger partial charge in [-0.2, -0.15) is 0 Å². The number of piperidine rings is 1. The van der Waals surface area contributed by atoms with Crippen molar-refractivity contribution in [3.05, 3.63) is 42.2 Å². The minimum Gasteiger partial charge on any atom is -0.338 e. The van der Waals surface area contributed by atoms with E-state index in [4.69, 9.17) is 0 Å². The molecule has 3 rings (SSSR count). The normalized spacial score (nSPS) is 26.6. The van der Waals surface area contributed by atoms with Gasteiger partial charge in [0.2, 0.25) is 0 Å². The number of carbonyl (C=O) groups is 1. The van der Waals surface area contributed by atoms with Crippen LogP contribution in [0.25, 0.3) is 0 Å². The van der Waals surface area contributed by atoms with Crippen LogP contribution in [0.4, 0.5) is 0 Å². The Labute approximate surface area is 114 Å². The van der Waals surface area contributed by atoms with Gasteiger partial charge in [-0.15, -0.1) is 0 Å². The number of allylic oxidation sites excluding steroid dienone is 2. The van der Waals surface area contributed by atoms with Gasteiger partial charge in [0.25, 0.3) is 5.91 Å². The van der Waals surface area contributed by atoms with E-state index >= 15 is 0 Å². The van der Waals surface area contributed by atoms with E-state index in [2.05, 4.69) is 17.1 Å². The molecule has 19 heavy (non-hydrogen) atoms. The molecule has 0 bridgehead atoms. The summed E-state index contributed by atoms with van der Waals surface area (Å²) in [6, 6.07) is 3.69. The molecule has 0 unspecified atom stereocenters. The highest BCUT2D eigenvalue weighted by molar-refractivity contribution is 5.93. The van der Waals surface area contributed by atoms with E-state index in [-0.39, 0.29) is 5.91 Å². The first kappa shape index (κ1) is 12.4. The average molecular weight is 256 g/mol. The number of nitrogens with zero attached hydrogens (tertiary/aromatic N) is 2. The lowest BCUT2D eigenvalue weighted by Crippen LogP contribution is -2.46. The SMILES string of the molecule is O=C(c1cccnc1)N1CCC[C@@]2(CC=CCC2)C1. The highest BCUT2D eigenvalue weighted by Crippen LogP contribution is 2.40. The third kappa shape index (κ3) is 2.55. The van der Waals surface area contributed by atoms with Crippen molar-refractivity contribution in [3.63, 3.8) is 0 Å². The van der Waals surface area contributed by atoms with E-state index in [0.29, 0.717) is 11.0 Å². The van der Waals surface area contributed by atoms with Crippen LogP contribution in [0, 0.1) is 5.41 Å². The predicted molar refractivity (Wildman–Crippen MR) is 74.8 cm³/mol. The minimum atomic E-state index is 0.140. The summed E-state index contributed by atoms with van der Waals surface area (Å²) in [6.45, 7) is 1.80. The highest BCUT2D eigenvalue weighted by Gasteiger charge is 2.36. The van der Waals surface area contributed by atoms with Gasteiger partial charge in [0.05, 0.1) is 5.56 Å². The summed E-state index contributed by atoms with van der Waals surface area (Å²) in [5, 5.41) is 0. The van der Waals surface area contributed by atoms with Crippen molar-refractivity contribution in [1.82, 2.24) is 9.88 Å². The number of rotatable bonds is 1.